The van der Waals surface area contributed by atoms with Gasteiger partial charge in [-0.1, -0.05) is 17.3 Å². The highest BCUT2D eigenvalue weighted by Crippen LogP contribution is 2.18. The van der Waals surface area contributed by atoms with E-state index in [1.54, 1.807) is 48.8 Å². The Kier molecular flexibility index (Phi) is 4.28. The van der Waals surface area contributed by atoms with Crippen molar-refractivity contribution in [2.24, 2.45) is 10.9 Å². The van der Waals surface area contributed by atoms with Gasteiger partial charge in [0, 0.05) is 6.07 Å². The predicted octanol–water partition coefficient (Wildman–Crippen LogP) is 0.987. The van der Waals surface area contributed by atoms with Crippen molar-refractivity contribution in [3.8, 4) is 5.75 Å². The molecule has 0 atom stereocenters. The van der Waals surface area contributed by atoms with Crippen LogP contribution in [0.15, 0.2) is 53.9 Å². The summed E-state index contributed by atoms with van der Waals surface area (Å²) >= 11 is 0. The minimum absolute atomic E-state index is 0.102. The lowest BCUT2D eigenvalue weighted by atomic mass is 10.2. The number of aromatic amines is 1. The van der Waals surface area contributed by atoms with Crippen molar-refractivity contribution in [1.82, 2.24) is 0 Å². The SMILES string of the molecule is COc1ccccc1C(=O)ON=C(N)c1ccc[nH+]c1. The van der Waals surface area contributed by atoms with Crippen molar-refractivity contribution in [2.45, 2.75) is 0 Å². The van der Waals surface area contributed by atoms with E-state index in [2.05, 4.69) is 10.1 Å². The molecule has 0 aliphatic carbocycles. The van der Waals surface area contributed by atoms with E-state index in [9.17, 15) is 4.79 Å². The van der Waals surface area contributed by atoms with E-state index in [1.165, 1.54) is 7.11 Å². The number of methoxy groups -OCH3 is 1. The molecular weight excluding hydrogens is 258 g/mol. The van der Waals surface area contributed by atoms with Crippen LogP contribution in [0.2, 0.25) is 0 Å². The molecule has 0 aliphatic rings. The van der Waals surface area contributed by atoms with Gasteiger partial charge in [0.15, 0.2) is 18.2 Å². The fourth-order valence-corrected chi connectivity index (χ4v) is 1.56. The largest absolute Gasteiger partial charge is 0.496 e. The molecule has 2 aromatic rings. The number of benzene rings is 1. The first-order valence-corrected chi connectivity index (χ1v) is 5.86. The zero-order valence-electron chi connectivity index (χ0n) is 10.9. The maximum Gasteiger partial charge on any atom is 0.369 e. The summed E-state index contributed by atoms with van der Waals surface area (Å²) in [6, 6.07) is 10.2. The van der Waals surface area contributed by atoms with Crippen molar-refractivity contribution in [3.05, 3.63) is 59.9 Å². The topological polar surface area (TPSA) is 88.0 Å². The summed E-state index contributed by atoms with van der Waals surface area (Å²) in [6.45, 7) is 0. The Balaban J connectivity index is 2.12. The summed E-state index contributed by atoms with van der Waals surface area (Å²) in [5.74, 6) is -0.116. The van der Waals surface area contributed by atoms with E-state index < -0.39 is 5.97 Å². The number of amidine groups is 1. The van der Waals surface area contributed by atoms with Crippen LogP contribution >= 0.6 is 0 Å². The molecule has 0 amide bonds. The Labute approximate surface area is 115 Å². The van der Waals surface area contributed by atoms with Crippen LogP contribution < -0.4 is 15.5 Å². The van der Waals surface area contributed by atoms with Crippen LogP contribution in [0.5, 0.6) is 5.75 Å². The lowest BCUT2D eigenvalue weighted by Gasteiger charge is -2.05. The highest BCUT2D eigenvalue weighted by Gasteiger charge is 2.13. The number of ether oxygens (including phenoxy) is 1. The Morgan fingerprint density at radius 2 is 2.05 bits per heavy atom. The molecule has 0 bridgehead atoms. The van der Waals surface area contributed by atoms with Gasteiger partial charge in [-0.25, -0.2) is 9.78 Å². The highest BCUT2D eigenvalue weighted by molar-refractivity contribution is 5.98. The summed E-state index contributed by atoms with van der Waals surface area (Å²) in [5.41, 5.74) is 6.62. The van der Waals surface area contributed by atoms with Crippen LogP contribution in [-0.4, -0.2) is 18.9 Å². The number of pyridine rings is 1. The first-order valence-electron chi connectivity index (χ1n) is 5.86. The Morgan fingerprint density at radius 1 is 1.25 bits per heavy atom. The van der Waals surface area contributed by atoms with Crippen LogP contribution in [0.3, 0.4) is 0 Å². The minimum atomic E-state index is -0.634. The number of hydrogen-bond acceptors (Lipinski definition) is 4. The average molecular weight is 272 g/mol. The Morgan fingerprint density at radius 3 is 2.75 bits per heavy atom. The first-order chi connectivity index (χ1) is 9.72. The number of nitrogens with two attached hydrogens (primary N) is 1. The lowest BCUT2D eigenvalue weighted by Crippen LogP contribution is -2.17. The molecule has 0 saturated heterocycles. The van der Waals surface area contributed by atoms with E-state index in [-0.39, 0.29) is 11.4 Å². The van der Waals surface area contributed by atoms with Gasteiger partial charge in [-0.3, -0.25) is 0 Å². The zero-order valence-corrected chi connectivity index (χ0v) is 10.9. The van der Waals surface area contributed by atoms with Crippen molar-refractivity contribution >= 4 is 11.8 Å². The van der Waals surface area contributed by atoms with Crippen LogP contribution in [0.4, 0.5) is 0 Å². The predicted molar refractivity (Wildman–Crippen MR) is 72.1 cm³/mol. The summed E-state index contributed by atoms with van der Waals surface area (Å²) in [7, 11) is 1.48. The molecule has 20 heavy (non-hydrogen) atoms. The maximum atomic E-state index is 11.9. The maximum absolute atomic E-state index is 11.9. The van der Waals surface area contributed by atoms with Crippen LogP contribution in [0, 0.1) is 0 Å². The number of nitrogens with one attached hydrogen (secondary N) is 1. The highest BCUT2D eigenvalue weighted by atomic mass is 16.7. The number of aromatic nitrogens is 1. The van der Waals surface area contributed by atoms with Gasteiger partial charge in [-0.2, -0.15) is 0 Å². The van der Waals surface area contributed by atoms with Gasteiger partial charge >= 0.3 is 5.97 Å². The van der Waals surface area contributed by atoms with Crippen molar-refractivity contribution in [1.29, 1.82) is 0 Å². The molecule has 1 aromatic heterocycles. The molecule has 6 heteroatoms. The van der Waals surface area contributed by atoms with Gasteiger partial charge in [-0.15, -0.1) is 0 Å². The van der Waals surface area contributed by atoms with E-state index in [4.69, 9.17) is 15.3 Å². The molecular formula is C14H14N3O3+. The monoisotopic (exact) mass is 272 g/mol. The molecule has 0 fully saturated rings. The minimum Gasteiger partial charge on any atom is -0.496 e. The summed E-state index contributed by atoms with van der Waals surface area (Å²) in [4.78, 5) is 19.6. The number of para-hydroxylation sites is 1. The second kappa shape index (κ2) is 6.33. The standard InChI is InChI=1S/C14H13N3O3/c1-19-12-7-3-2-6-11(12)14(18)20-17-13(15)10-5-4-8-16-9-10/h2-9H,1H3,(H2,15,17)/p+1. The number of nitrogens with zero attached hydrogens (tertiary/aromatic N) is 1. The van der Waals surface area contributed by atoms with Crippen LogP contribution in [-0.2, 0) is 4.84 Å². The number of carbonyl (C=O) groups is 1. The van der Waals surface area contributed by atoms with E-state index in [0.29, 0.717) is 11.3 Å². The third-order valence-electron chi connectivity index (χ3n) is 2.56. The van der Waals surface area contributed by atoms with Crippen molar-refractivity contribution < 1.29 is 19.4 Å². The molecule has 6 nitrogen and oxygen atoms in total. The third kappa shape index (κ3) is 3.11. The van der Waals surface area contributed by atoms with Crippen LogP contribution in [0.25, 0.3) is 0 Å². The molecule has 2 rings (SSSR count). The lowest BCUT2D eigenvalue weighted by molar-refractivity contribution is -0.378. The Hall–Kier alpha value is -2.89. The number of rotatable bonds is 4. The summed E-state index contributed by atoms with van der Waals surface area (Å²) < 4.78 is 5.07. The Bertz CT molecular complexity index is 627. The van der Waals surface area contributed by atoms with Crippen molar-refractivity contribution in [3.63, 3.8) is 0 Å². The van der Waals surface area contributed by atoms with Gasteiger partial charge in [0.25, 0.3) is 0 Å². The van der Waals surface area contributed by atoms with Gasteiger partial charge in [0.2, 0.25) is 0 Å². The number of H-pyrrole nitrogens is 1. The molecule has 0 spiro atoms. The molecule has 3 N–H and O–H groups in total. The second-order valence-electron chi connectivity index (χ2n) is 3.85. The molecule has 0 radical (unpaired) electrons. The van der Waals surface area contributed by atoms with E-state index in [0.717, 1.165) is 0 Å². The van der Waals surface area contributed by atoms with Gasteiger partial charge in [0.1, 0.15) is 11.3 Å². The van der Waals surface area contributed by atoms with E-state index >= 15 is 0 Å². The van der Waals surface area contributed by atoms with Gasteiger partial charge in [0.05, 0.1) is 12.7 Å². The first kappa shape index (κ1) is 13.5. The normalized spacial score (nSPS) is 10.9. The van der Waals surface area contributed by atoms with Crippen LogP contribution in [0.1, 0.15) is 15.9 Å². The second-order valence-corrected chi connectivity index (χ2v) is 3.85. The fourth-order valence-electron chi connectivity index (χ4n) is 1.56. The molecule has 1 heterocycles. The summed E-state index contributed by atoms with van der Waals surface area (Å²) in [6.07, 6.45) is 3.38. The quantitative estimate of drug-likeness (QED) is 0.389. The van der Waals surface area contributed by atoms with Gasteiger partial charge < -0.3 is 15.3 Å². The fraction of sp³-hybridized carbons (Fsp3) is 0.0714. The number of carbonyl (C=O) groups excluding carboxylic acids is 1. The number of oxime groups is 1. The molecule has 0 saturated carbocycles. The molecule has 102 valence electrons. The molecule has 0 unspecified atom stereocenters. The third-order valence-corrected chi connectivity index (χ3v) is 2.56. The molecule has 0 aliphatic heterocycles. The zero-order chi connectivity index (χ0) is 14.4. The van der Waals surface area contributed by atoms with Gasteiger partial charge in [-0.05, 0) is 18.2 Å². The van der Waals surface area contributed by atoms with Crippen molar-refractivity contribution in [2.75, 3.05) is 7.11 Å². The van der Waals surface area contributed by atoms with E-state index in [1.807, 2.05) is 0 Å². The average Bonchev–Trinajstić information content (AvgIpc) is 2.53. The molecule has 1 aromatic carbocycles. The number of hydrogen-bond donors (Lipinski definition) is 1. The summed E-state index contributed by atoms with van der Waals surface area (Å²) in [5, 5.41) is 3.62. The smallest absolute Gasteiger partial charge is 0.369 e.